The molecule has 1 fully saturated rings. The zero-order chi connectivity index (χ0) is 14.8. The minimum Gasteiger partial charge on any atom is -0.465 e. The van der Waals surface area contributed by atoms with Gasteiger partial charge in [-0.05, 0) is 49.9 Å². The Morgan fingerprint density at radius 2 is 2.19 bits per heavy atom. The second-order valence-corrected chi connectivity index (χ2v) is 5.52. The van der Waals surface area contributed by atoms with Crippen molar-refractivity contribution < 1.29 is 14.3 Å². The van der Waals surface area contributed by atoms with Crippen LogP contribution in [0.5, 0.6) is 0 Å². The second kappa shape index (κ2) is 5.76. The molecule has 1 aliphatic carbocycles. The van der Waals surface area contributed by atoms with E-state index < -0.39 is 0 Å². The maximum Gasteiger partial charge on any atom is 0.325 e. The fourth-order valence-electron chi connectivity index (χ4n) is 2.70. The quantitative estimate of drug-likeness (QED) is 0.840. The monoisotopic (exact) mass is 288 g/mol. The summed E-state index contributed by atoms with van der Waals surface area (Å²) >= 11 is 0. The molecule has 1 aromatic rings. The van der Waals surface area contributed by atoms with E-state index in [0.29, 0.717) is 12.2 Å². The zero-order valence-electron chi connectivity index (χ0n) is 12.2. The predicted molar refractivity (Wildman–Crippen MR) is 79.3 cm³/mol. The third-order valence-electron chi connectivity index (χ3n) is 3.92. The van der Waals surface area contributed by atoms with Crippen molar-refractivity contribution in [1.29, 1.82) is 0 Å². The number of carbonyl (C=O) groups is 2. The summed E-state index contributed by atoms with van der Waals surface area (Å²) in [6, 6.07) is 5.91. The van der Waals surface area contributed by atoms with E-state index in [0.717, 1.165) is 31.5 Å². The Morgan fingerprint density at radius 1 is 1.38 bits per heavy atom. The number of amides is 1. The molecule has 0 unspecified atom stereocenters. The first-order valence-electron chi connectivity index (χ1n) is 7.52. The van der Waals surface area contributed by atoms with E-state index in [1.807, 2.05) is 18.2 Å². The Morgan fingerprint density at radius 3 is 2.90 bits per heavy atom. The Bertz CT molecular complexity index is 567. The van der Waals surface area contributed by atoms with Gasteiger partial charge < -0.3 is 15.0 Å². The molecule has 1 aliphatic heterocycles. The lowest BCUT2D eigenvalue weighted by Crippen LogP contribution is -2.38. The number of nitrogens with one attached hydrogen (secondary N) is 1. The average molecular weight is 288 g/mol. The summed E-state index contributed by atoms with van der Waals surface area (Å²) in [5.74, 6) is -0.402. The van der Waals surface area contributed by atoms with E-state index in [-0.39, 0.29) is 24.5 Å². The van der Waals surface area contributed by atoms with Gasteiger partial charge in [-0.25, -0.2) is 0 Å². The molecular weight excluding hydrogens is 268 g/mol. The van der Waals surface area contributed by atoms with Crippen LogP contribution >= 0.6 is 0 Å². The molecular formula is C16H20N2O3. The lowest BCUT2D eigenvalue weighted by atomic mass is 10.1. The summed E-state index contributed by atoms with van der Waals surface area (Å²) in [6.45, 7) is 3.08. The van der Waals surface area contributed by atoms with Gasteiger partial charge in [0, 0.05) is 23.8 Å². The van der Waals surface area contributed by atoms with Crippen LogP contribution in [0.2, 0.25) is 0 Å². The predicted octanol–water partition coefficient (Wildman–Crippen LogP) is 1.82. The maximum atomic E-state index is 12.7. The van der Waals surface area contributed by atoms with Gasteiger partial charge in [0.05, 0.1) is 6.61 Å². The van der Waals surface area contributed by atoms with Gasteiger partial charge in [0.15, 0.2) is 0 Å². The van der Waals surface area contributed by atoms with Gasteiger partial charge in [-0.3, -0.25) is 9.59 Å². The Labute approximate surface area is 124 Å². The topological polar surface area (TPSA) is 58.6 Å². The Balaban J connectivity index is 1.76. The Hall–Kier alpha value is -2.04. The van der Waals surface area contributed by atoms with E-state index >= 15 is 0 Å². The van der Waals surface area contributed by atoms with Crippen molar-refractivity contribution in [2.24, 2.45) is 0 Å². The minimum atomic E-state index is -0.333. The molecule has 0 aromatic heterocycles. The van der Waals surface area contributed by atoms with E-state index in [9.17, 15) is 9.59 Å². The van der Waals surface area contributed by atoms with E-state index in [2.05, 4.69) is 5.32 Å². The zero-order valence-corrected chi connectivity index (χ0v) is 12.2. The molecule has 0 radical (unpaired) electrons. The highest BCUT2D eigenvalue weighted by molar-refractivity contribution is 5.97. The van der Waals surface area contributed by atoms with Gasteiger partial charge >= 0.3 is 5.97 Å². The van der Waals surface area contributed by atoms with Gasteiger partial charge in [-0.1, -0.05) is 0 Å². The molecule has 21 heavy (non-hydrogen) atoms. The van der Waals surface area contributed by atoms with Crippen molar-refractivity contribution in [2.45, 2.75) is 32.2 Å². The molecule has 1 aromatic carbocycles. The standard InChI is InChI=1S/C16H20N2O3/c1-2-21-15(19)10-18(13-4-5-13)16(20)12-3-6-14-11(9-12)7-8-17-14/h3,6,9,13,17H,2,4-5,7-8,10H2,1H3. The Kier molecular flexibility index (Phi) is 3.82. The molecule has 0 bridgehead atoms. The molecule has 5 nitrogen and oxygen atoms in total. The fraction of sp³-hybridized carbons (Fsp3) is 0.500. The number of rotatable bonds is 5. The van der Waals surface area contributed by atoms with E-state index in [4.69, 9.17) is 4.74 Å². The average Bonchev–Trinajstić information content (AvgIpc) is 3.21. The maximum absolute atomic E-state index is 12.7. The molecule has 1 heterocycles. The van der Waals surface area contributed by atoms with Crippen molar-refractivity contribution in [3.8, 4) is 0 Å². The summed E-state index contributed by atoms with van der Waals surface area (Å²) in [7, 11) is 0. The van der Waals surface area contributed by atoms with Gasteiger partial charge in [-0.2, -0.15) is 0 Å². The van der Waals surface area contributed by atoms with Crippen LogP contribution in [0.25, 0.3) is 0 Å². The number of carbonyl (C=O) groups excluding carboxylic acids is 2. The number of benzene rings is 1. The highest BCUT2D eigenvalue weighted by atomic mass is 16.5. The number of hydrogen-bond donors (Lipinski definition) is 1. The highest BCUT2D eigenvalue weighted by Crippen LogP contribution is 2.29. The number of fused-ring (bicyclic) bond motifs is 1. The molecule has 2 aliphatic rings. The van der Waals surface area contributed by atoms with Crippen LogP contribution in [0.4, 0.5) is 5.69 Å². The van der Waals surface area contributed by atoms with E-state index in [1.54, 1.807) is 11.8 Å². The summed E-state index contributed by atoms with van der Waals surface area (Å²) in [5.41, 5.74) is 2.94. The fourth-order valence-corrected chi connectivity index (χ4v) is 2.70. The lowest BCUT2D eigenvalue weighted by molar-refractivity contribution is -0.144. The number of ether oxygens (including phenoxy) is 1. The van der Waals surface area contributed by atoms with Crippen LogP contribution in [0, 0.1) is 0 Å². The first-order chi connectivity index (χ1) is 10.2. The second-order valence-electron chi connectivity index (χ2n) is 5.52. The van der Waals surface area contributed by atoms with Gasteiger partial charge in [0.2, 0.25) is 0 Å². The third-order valence-corrected chi connectivity index (χ3v) is 3.92. The first kappa shape index (κ1) is 13.9. The molecule has 112 valence electrons. The largest absolute Gasteiger partial charge is 0.465 e. The van der Waals surface area contributed by atoms with Crippen LogP contribution in [0.3, 0.4) is 0 Å². The van der Waals surface area contributed by atoms with Crippen LogP contribution < -0.4 is 5.32 Å². The normalized spacial score (nSPS) is 16.0. The van der Waals surface area contributed by atoms with Crippen LogP contribution in [-0.4, -0.2) is 42.5 Å². The molecule has 3 rings (SSSR count). The van der Waals surface area contributed by atoms with Crippen molar-refractivity contribution in [2.75, 3.05) is 25.0 Å². The number of hydrogen-bond acceptors (Lipinski definition) is 4. The lowest BCUT2D eigenvalue weighted by Gasteiger charge is -2.21. The number of esters is 1. The number of nitrogens with zero attached hydrogens (tertiary/aromatic N) is 1. The molecule has 5 heteroatoms. The molecule has 0 saturated heterocycles. The van der Waals surface area contributed by atoms with Crippen LogP contribution in [0.1, 0.15) is 35.7 Å². The summed E-state index contributed by atoms with van der Waals surface area (Å²) < 4.78 is 4.97. The third kappa shape index (κ3) is 3.01. The van der Waals surface area contributed by atoms with Crippen molar-refractivity contribution in [1.82, 2.24) is 4.90 Å². The summed E-state index contributed by atoms with van der Waals surface area (Å²) in [5, 5.41) is 3.28. The van der Waals surface area contributed by atoms with Crippen molar-refractivity contribution in [3.05, 3.63) is 29.3 Å². The smallest absolute Gasteiger partial charge is 0.325 e. The highest BCUT2D eigenvalue weighted by Gasteiger charge is 2.34. The van der Waals surface area contributed by atoms with Gasteiger partial charge in [0.1, 0.15) is 6.54 Å². The first-order valence-corrected chi connectivity index (χ1v) is 7.52. The van der Waals surface area contributed by atoms with E-state index in [1.165, 1.54) is 5.56 Å². The molecule has 0 atom stereocenters. The minimum absolute atomic E-state index is 0.0483. The van der Waals surface area contributed by atoms with Gasteiger partial charge in [-0.15, -0.1) is 0 Å². The molecule has 0 spiro atoms. The van der Waals surface area contributed by atoms with Crippen LogP contribution in [0.15, 0.2) is 18.2 Å². The molecule has 1 saturated carbocycles. The van der Waals surface area contributed by atoms with Crippen LogP contribution in [-0.2, 0) is 16.0 Å². The number of anilines is 1. The molecule has 1 N–H and O–H groups in total. The summed E-state index contributed by atoms with van der Waals surface area (Å²) in [4.78, 5) is 26.0. The SMILES string of the molecule is CCOC(=O)CN(C(=O)c1ccc2c(c1)CCN2)C1CC1. The van der Waals surface area contributed by atoms with Crippen molar-refractivity contribution >= 4 is 17.6 Å². The molecule has 1 amide bonds. The van der Waals surface area contributed by atoms with Crippen molar-refractivity contribution in [3.63, 3.8) is 0 Å². The summed E-state index contributed by atoms with van der Waals surface area (Å²) in [6.07, 6.45) is 2.88. The van der Waals surface area contributed by atoms with Gasteiger partial charge in [0.25, 0.3) is 5.91 Å².